The second kappa shape index (κ2) is 7.45. The molecule has 0 unspecified atom stereocenters. The molecule has 4 rings (SSSR count). The average Bonchev–Trinajstić information content (AvgIpc) is 3.32. The molecule has 0 spiro atoms. The number of furan rings is 1. The molecule has 27 heavy (non-hydrogen) atoms. The van der Waals surface area contributed by atoms with E-state index in [4.69, 9.17) is 16.0 Å². The molecule has 3 aromatic rings. The third-order valence-corrected chi connectivity index (χ3v) is 5.13. The maximum absolute atomic E-state index is 14.0. The van der Waals surface area contributed by atoms with Crippen LogP contribution in [0.3, 0.4) is 0 Å². The van der Waals surface area contributed by atoms with Gasteiger partial charge in [-0.3, -0.25) is 4.79 Å². The molecule has 1 aliphatic rings. The highest BCUT2D eigenvalue weighted by Gasteiger charge is 2.29. The van der Waals surface area contributed by atoms with Crippen LogP contribution in [-0.2, 0) is 6.42 Å². The van der Waals surface area contributed by atoms with Crippen LogP contribution in [-0.4, -0.2) is 19.0 Å². The molecule has 0 saturated heterocycles. The first-order chi connectivity index (χ1) is 13.1. The van der Waals surface area contributed by atoms with Gasteiger partial charge in [0.15, 0.2) is 0 Å². The predicted octanol–water partition coefficient (Wildman–Crippen LogP) is 4.61. The molecular formula is C21H18ClFN2O2. The van der Waals surface area contributed by atoms with E-state index in [2.05, 4.69) is 22.3 Å². The molecule has 1 N–H and O–H groups in total. The number of carbonyl (C=O) groups excluding carboxylic acids is 1. The molecule has 2 aromatic carbocycles. The van der Waals surface area contributed by atoms with Gasteiger partial charge in [-0.15, -0.1) is 0 Å². The number of para-hydroxylation sites is 1. The van der Waals surface area contributed by atoms with E-state index in [1.807, 2.05) is 24.3 Å². The Morgan fingerprint density at radius 2 is 2.04 bits per heavy atom. The van der Waals surface area contributed by atoms with Gasteiger partial charge >= 0.3 is 0 Å². The minimum atomic E-state index is -0.638. The van der Waals surface area contributed by atoms with Crippen molar-refractivity contribution < 1.29 is 13.6 Å². The molecular weight excluding hydrogens is 367 g/mol. The van der Waals surface area contributed by atoms with Crippen molar-refractivity contribution in [3.05, 3.63) is 88.6 Å². The van der Waals surface area contributed by atoms with E-state index < -0.39 is 11.7 Å². The summed E-state index contributed by atoms with van der Waals surface area (Å²) >= 11 is 6.00. The Labute approximate surface area is 161 Å². The molecule has 2 heterocycles. The lowest BCUT2D eigenvalue weighted by molar-refractivity contribution is 0.0946. The zero-order valence-electron chi connectivity index (χ0n) is 14.5. The summed E-state index contributed by atoms with van der Waals surface area (Å²) in [5.74, 6) is -0.435. The summed E-state index contributed by atoms with van der Waals surface area (Å²) in [7, 11) is 0. The van der Waals surface area contributed by atoms with Crippen molar-refractivity contribution in [3.8, 4) is 0 Å². The average molecular weight is 385 g/mol. The fraction of sp³-hybridized carbons (Fsp3) is 0.190. The van der Waals surface area contributed by atoms with E-state index in [9.17, 15) is 9.18 Å². The highest BCUT2D eigenvalue weighted by Crippen LogP contribution is 2.35. The number of rotatable bonds is 5. The van der Waals surface area contributed by atoms with Gasteiger partial charge in [-0.25, -0.2) is 4.39 Å². The number of benzene rings is 2. The molecule has 1 aromatic heterocycles. The van der Waals surface area contributed by atoms with Crippen molar-refractivity contribution in [2.75, 3.05) is 18.0 Å². The van der Waals surface area contributed by atoms with Crippen molar-refractivity contribution >= 4 is 23.2 Å². The van der Waals surface area contributed by atoms with Crippen LogP contribution in [0.5, 0.6) is 0 Å². The smallest absolute Gasteiger partial charge is 0.255 e. The molecule has 0 fully saturated rings. The molecule has 1 amide bonds. The Morgan fingerprint density at radius 3 is 2.81 bits per heavy atom. The van der Waals surface area contributed by atoms with Crippen molar-refractivity contribution in [1.82, 2.24) is 5.32 Å². The van der Waals surface area contributed by atoms with Gasteiger partial charge in [-0.1, -0.05) is 35.9 Å². The van der Waals surface area contributed by atoms with Crippen LogP contribution in [0.1, 0.15) is 27.7 Å². The standard InChI is InChI=1S/C21H18ClFN2O2/c22-15-6-3-7-16(23)20(15)21(26)24-13-18(19-9-4-12-27-19)25-11-10-14-5-1-2-8-17(14)25/h1-9,12,18H,10-11,13H2,(H,24,26)/t18-/m1/s1. The van der Waals surface area contributed by atoms with Gasteiger partial charge in [0.05, 0.1) is 16.8 Å². The fourth-order valence-corrected chi connectivity index (χ4v) is 3.77. The summed E-state index contributed by atoms with van der Waals surface area (Å²) in [4.78, 5) is 14.7. The summed E-state index contributed by atoms with van der Waals surface area (Å²) in [5, 5.41) is 2.90. The molecule has 0 bridgehead atoms. The highest BCUT2D eigenvalue weighted by atomic mass is 35.5. The molecule has 0 radical (unpaired) electrons. The largest absolute Gasteiger partial charge is 0.467 e. The zero-order chi connectivity index (χ0) is 18.8. The van der Waals surface area contributed by atoms with Crippen molar-refractivity contribution in [2.24, 2.45) is 0 Å². The fourth-order valence-electron chi connectivity index (χ4n) is 3.53. The number of halogens is 2. The summed E-state index contributed by atoms with van der Waals surface area (Å²) in [6, 6.07) is 15.9. The van der Waals surface area contributed by atoms with Crippen LogP contribution in [0.2, 0.25) is 5.02 Å². The zero-order valence-corrected chi connectivity index (χ0v) is 15.2. The Hall–Kier alpha value is -2.79. The maximum Gasteiger partial charge on any atom is 0.255 e. The topological polar surface area (TPSA) is 45.5 Å². The molecule has 0 saturated carbocycles. The number of amides is 1. The molecule has 4 nitrogen and oxygen atoms in total. The van der Waals surface area contributed by atoms with Gasteiger partial charge in [0.1, 0.15) is 17.6 Å². The van der Waals surface area contributed by atoms with E-state index >= 15 is 0 Å². The summed E-state index contributed by atoms with van der Waals surface area (Å²) < 4.78 is 19.6. The number of carbonyl (C=O) groups is 1. The van der Waals surface area contributed by atoms with E-state index in [0.29, 0.717) is 0 Å². The number of hydrogen-bond donors (Lipinski definition) is 1. The Kier molecular flexibility index (Phi) is 4.86. The maximum atomic E-state index is 14.0. The molecule has 1 aliphatic heterocycles. The van der Waals surface area contributed by atoms with E-state index in [0.717, 1.165) is 24.4 Å². The van der Waals surface area contributed by atoms with Gasteiger partial charge in [0.25, 0.3) is 5.91 Å². The first kappa shape index (κ1) is 17.6. The van der Waals surface area contributed by atoms with Gasteiger partial charge in [0, 0.05) is 18.8 Å². The lowest BCUT2D eigenvalue weighted by Gasteiger charge is -2.29. The molecule has 0 aliphatic carbocycles. The number of fused-ring (bicyclic) bond motifs is 1. The minimum absolute atomic E-state index is 0.0913. The molecule has 1 atom stereocenters. The summed E-state index contributed by atoms with van der Waals surface area (Å²) in [6.45, 7) is 1.09. The third kappa shape index (κ3) is 3.43. The van der Waals surface area contributed by atoms with Gasteiger partial charge in [-0.05, 0) is 42.3 Å². The van der Waals surface area contributed by atoms with E-state index in [1.165, 1.54) is 23.8 Å². The van der Waals surface area contributed by atoms with E-state index in [1.54, 1.807) is 6.26 Å². The highest BCUT2D eigenvalue weighted by molar-refractivity contribution is 6.33. The first-order valence-electron chi connectivity index (χ1n) is 8.75. The Morgan fingerprint density at radius 1 is 1.19 bits per heavy atom. The lowest BCUT2D eigenvalue weighted by Crippen LogP contribution is -2.37. The van der Waals surface area contributed by atoms with Crippen molar-refractivity contribution in [3.63, 3.8) is 0 Å². The number of hydrogen-bond acceptors (Lipinski definition) is 3. The van der Waals surface area contributed by atoms with Crippen LogP contribution >= 0.6 is 11.6 Å². The SMILES string of the molecule is O=C(NC[C@H](c1ccco1)N1CCc2ccccc21)c1c(F)cccc1Cl. The van der Waals surface area contributed by atoms with Gasteiger partial charge in [0.2, 0.25) is 0 Å². The number of anilines is 1. The molecule has 6 heteroatoms. The quantitative estimate of drug-likeness (QED) is 0.699. The van der Waals surface area contributed by atoms with Gasteiger partial charge < -0.3 is 14.6 Å². The number of nitrogens with zero attached hydrogens (tertiary/aromatic N) is 1. The van der Waals surface area contributed by atoms with Crippen LogP contribution < -0.4 is 10.2 Å². The van der Waals surface area contributed by atoms with Gasteiger partial charge in [-0.2, -0.15) is 0 Å². The van der Waals surface area contributed by atoms with Crippen LogP contribution in [0.4, 0.5) is 10.1 Å². The van der Waals surface area contributed by atoms with Crippen LogP contribution in [0.15, 0.2) is 65.3 Å². The predicted molar refractivity (Wildman–Crippen MR) is 103 cm³/mol. The van der Waals surface area contributed by atoms with Crippen molar-refractivity contribution in [1.29, 1.82) is 0 Å². The summed E-state index contributed by atoms with van der Waals surface area (Å²) in [6.07, 6.45) is 2.54. The normalized spacial score (nSPS) is 14.1. The lowest BCUT2D eigenvalue weighted by atomic mass is 10.1. The van der Waals surface area contributed by atoms with E-state index in [-0.39, 0.29) is 23.2 Å². The van der Waals surface area contributed by atoms with Crippen LogP contribution in [0, 0.1) is 5.82 Å². The second-order valence-electron chi connectivity index (χ2n) is 6.41. The summed E-state index contributed by atoms with van der Waals surface area (Å²) in [5.41, 5.74) is 2.24. The monoisotopic (exact) mass is 384 g/mol. The Bertz CT molecular complexity index is 938. The van der Waals surface area contributed by atoms with Crippen LogP contribution in [0.25, 0.3) is 0 Å². The minimum Gasteiger partial charge on any atom is -0.467 e. The third-order valence-electron chi connectivity index (χ3n) is 4.82. The molecule has 138 valence electrons. The second-order valence-corrected chi connectivity index (χ2v) is 6.82. The van der Waals surface area contributed by atoms with Crippen molar-refractivity contribution in [2.45, 2.75) is 12.5 Å². The first-order valence-corrected chi connectivity index (χ1v) is 9.13. The Balaban J connectivity index is 1.58. The number of nitrogens with one attached hydrogen (secondary N) is 1.